The average Bonchev–Trinajstić information content (AvgIpc) is 2.97. The topological polar surface area (TPSA) is 87.9 Å². The van der Waals surface area contributed by atoms with Crippen molar-refractivity contribution in [1.29, 1.82) is 0 Å². The van der Waals surface area contributed by atoms with E-state index in [9.17, 15) is 4.79 Å². The molecule has 0 aliphatic heterocycles. The van der Waals surface area contributed by atoms with Gasteiger partial charge < -0.3 is 25.1 Å². The Morgan fingerprint density at radius 1 is 1.15 bits per heavy atom. The number of ether oxygens (including phenoxy) is 1. The van der Waals surface area contributed by atoms with Crippen LogP contribution in [-0.4, -0.2) is 37.3 Å². The van der Waals surface area contributed by atoms with Crippen LogP contribution in [0.4, 0.5) is 4.79 Å². The van der Waals surface area contributed by atoms with E-state index in [0.29, 0.717) is 25.6 Å². The minimum absolute atomic E-state index is 0.427. The summed E-state index contributed by atoms with van der Waals surface area (Å²) in [6, 6.07) is 9.87. The number of amides is 1. The fourth-order valence-corrected chi connectivity index (χ4v) is 2.27. The van der Waals surface area contributed by atoms with Crippen molar-refractivity contribution in [2.75, 3.05) is 19.6 Å². The molecule has 0 spiro atoms. The number of fused-ring (bicyclic) bond motifs is 1. The predicted molar refractivity (Wildman–Crippen MR) is 103 cm³/mol. The molecule has 0 bridgehead atoms. The van der Waals surface area contributed by atoms with Gasteiger partial charge in [-0.3, -0.25) is 0 Å². The third kappa shape index (κ3) is 6.66. The first-order valence-corrected chi connectivity index (χ1v) is 8.84. The third-order valence-electron chi connectivity index (χ3n) is 3.30. The Hall–Kier alpha value is -2.70. The van der Waals surface area contributed by atoms with Crippen molar-refractivity contribution in [2.24, 2.45) is 4.99 Å². The number of hydrogen-bond acceptors (Lipinski definition) is 4. The Morgan fingerprint density at radius 2 is 1.88 bits per heavy atom. The molecule has 0 saturated carbocycles. The molecule has 142 valence electrons. The van der Waals surface area contributed by atoms with Gasteiger partial charge in [-0.05, 0) is 39.8 Å². The zero-order valence-electron chi connectivity index (χ0n) is 15.9. The SMILES string of the molecule is CCNC(=NCc1cc2ccccc2o1)NCCNC(=O)OC(C)(C)C. The lowest BCUT2D eigenvalue weighted by molar-refractivity contribution is 0.0529. The molecule has 7 nitrogen and oxygen atoms in total. The number of alkyl carbamates (subject to hydrolysis) is 1. The van der Waals surface area contributed by atoms with Crippen LogP contribution in [0.3, 0.4) is 0 Å². The number of carbonyl (C=O) groups is 1. The molecule has 0 radical (unpaired) electrons. The minimum Gasteiger partial charge on any atom is -0.459 e. The molecule has 0 atom stereocenters. The van der Waals surface area contributed by atoms with Crippen molar-refractivity contribution in [2.45, 2.75) is 39.8 Å². The Labute approximate surface area is 154 Å². The fourth-order valence-electron chi connectivity index (χ4n) is 2.27. The summed E-state index contributed by atoms with van der Waals surface area (Å²) < 4.78 is 11.0. The van der Waals surface area contributed by atoms with Gasteiger partial charge in [0.15, 0.2) is 5.96 Å². The second-order valence-electron chi connectivity index (χ2n) is 6.80. The van der Waals surface area contributed by atoms with E-state index >= 15 is 0 Å². The first-order chi connectivity index (χ1) is 12.4. The number of benzene rings is 1. The van der Waals surface area contributed by atoms with Crippen molar-refractivity contribution in [3.05, 3.63) is 36.1 Å². The molecular weight excluding hydrogens is 332 g/mol. The molecule has 0 fully saturated rings. The van der Waals surface area contributed by atoms with Crippen LogP contribution in [0.1, 0.15) is 33.5 Å². The molecule has 1 heterocycles. The maximum Gasteiger partial charge on any atom is 0.407 e. The first kappa shape index (κ1) is 19.6. The molecule has 3 N–H and O–H groups in total. The van der Waals surface area contributed by atoms with Gasteiger partial charge in [-0.2, -0.15) is 0 Å². The standard InChI is InChI=1S/C19H28N4O3/c1-5-20-17(21-10-11-22-18(24)26-19(2,3)4)23-13-15-12-14-8-6-7-9-16(14)25-15/h6-9,12H,5,10-11,13H2,1-4H3,(H,22,24)(H2,20,21,23). The lowest BCUT2D eigenvalue weighted by Crippen LogP contribution is -2.42. The van der Waals surface area contributed by atoms with Crippen LogP contribution in [0.25, 0.3) is 11.0 Å². The van der Waals surface area contributed by atoms with E-state index in [1.807, 2.05) is 58.0 Å². The van der Waals surface area contributed by atoms with Crippen LogP contribution in [0, 0.1) is 0 Å². The molecule has 2 rings (SSSR count). The molecule has 1 amide bonds. The van der Waals surface area contributed by atoms with E-state index in [0.717, 1.165) is 23.3 Å². The predicted octanol–water partition coefficient (Wildman–Crippen LogP) is 3.01. The Bertz CT molecular complexity index is 714. The molecular formula is C19H28N4O3. The molecule has 0 saturated heterocycles. The average molecular weight is 360 g/mol. The number of nitrogens with zero attached hydrogens (tertiary/aromatic N) is 1. The van der Waals surface area contributed by atoms with Gasteiger partial charge in [-0.25, -0.2) is 9.79 Å². The number of para-hydroxylation sites is 1. The van der Waals surface area contributed by atoms with Gasteiger partial charge in [-0.1, -0.05) is 18.2 Å². The quantitative estimate of drug-likeness (QED) is 0.419. The van der Waals surface area contributed by atoms with Crippen LogP contribution in [0.2, 0.25) is 0 Å². The summed E-state index contributed by atoms with van der Waals surface area (Å²) in [5.41, 5.74) is 0.359. The summed E-state index contributed by atoms with van der Waals surface area (Å²) in [6.07, 6.45) is -0.427. The van der Waals surface area contributed by atoms with Crippen molar-refractivity contribution in [1.82, 2.24) is 16.0 Å². The van der Waals surface area contributed by atoms with Gasteiger partial charge >= 0.3 is 6.09 Å². The molecule has 0 unspecified atom stereocenters. The summed E-state index contributed by atoms with van der Waals surface area (Å²) in [7, 11) is 0. The van der Waals surface area contributed by atoms with E-state index in [1.165, 1.54) is 0 Å². The van der Waals surface area contributed by atoms with Gasteiger partial charge in [-0.15, -0.1) is 0 Å². The van der Waals surface area contributed by atoms with Gasteiger partial charge in [0, 0.05) is 25.0 Å². The molecule has 7 heteroatoms. The fraction of sp³-hybridized carbons (Fsp3) is 0.474. The Morgan fingerprint density at radius 3 is 2.58 bits per heavy atom. The van der Waals surface area contributed by atoms with Gasteiger partial charge in [0.1, 0.15) is 23.5 Å². The van der Waals surface area contributed by atoms with Crippen LogP contribution in [0.5, 0.6) is 0 Å². The first-order valence-electron chi connectivity index (χ1n) is 8.84. The number of furan rings is 1. The van der Waals surface area contributed by atoms with Crippen LogP contribution in [-0.2, 0) is 11.3 Å². The Balaban J connectivity index is 1.81. The highest BCUT2D eigenvalue weighted by Crippen LogP contribution is 2.19. The molecule has 0 aliphatic rings. The summed E-state index contributed by atoms with van der Waals surface area (Å²) in [4.78, 5) is 16.1. The third-order valence-corrected chi connectivity index (χ3v) is 3.30. The number of aliphatic imine (C=N–C) groups is 1. The molecule has 0 aliphatic carbocycles. The van der Waals surface area contributed by atoms with Crippen molar-refractivity contribution in [3.63, 3.8) is 0 Å². The van der Waals surface area contributed by atoms with Crippen LogP contribution >= 0.6 is 0 Å². The summed E-state index contributed by atoms with van der Waals surface area (Å²) in [5, 5.41) is 10.1. The monoisotopic (exact) mass is 360 g/mol. The molecule has 1 aromatic carbocycles. The summed E-state index contributed by atoms with van der Waals surface area (Å²) in [6.45, 7) is 9.64. The van der Waals surface area contributed by atoms with E-state index in [2.05, 4.69) is 20.9 Å². The molecule has 2 aromatic rings. The lowest BCUT2D eigenvalue weighted by atomic mass is 10.2. The van der Waals surface area contributed by atoms with Crippen molar-refractivity contribution >= 4 is 23.0 Å². The zero-order valence-corrected chi connectivity index (χ0v) is 15.9. The van der Waals surface area contributed by atoms with Gasteiger partial charge in [0.25, 0.3) is 0 Å². The summed E-state index contributed by atoms with van der Waals surface area (Å²) >= 11 is 0. The maximum absolute atomic E-state index is 11.6. The minimum atomic E-state index is -0.500. The lowest BCUT2D eigenvalue weighted by Gasteiger charge is -2.19. The van der Waals surface area contributed by atoms with E-state index in [-0.39, 0.29) is 0 Å². The highest BCUT2D eigenvalue weighted by molar-refractivity contribution is 5.80. The molecule has 26 heavy (non-hydrogen) atoms. The highest BCUT2D eigenvalue weighted by atomic mass is 16.6. The highest BCUT2D eigenvalue weighted by Gasteiger charge is 2.15. The van der Waals surface area contributed by atoms with Crippen LogP contribution < -0.4 is 16.0 Å². The second kappa shape index (κ2) is 9.12. The zero-order chi connectivity index (χ0) is 19.0. The van der Waals surface area contributed by atoms with Gasteiger partial charge in [0.05, 0.1) is 0 Å². The number of rotatable bonds is 6. The largest absolute Gasteiger partial charge is 0.459 e. The van der Waals surface area contributed by atoms with Gasteiger partial charge in [0.2, 0.25) is 0 Å². The number of carbonyl (C=O) groups excluding carboxylic acids is 1. The van der Waals surface area contributed by atoms with Crippen molar-refractivity contribution < 1.29 is 13.9 Å². The maximum atomic E-state index is 11.6. The van der Waals surface area contributed by atoms with E-state index in [4.69, 9.17) is 9.15 Å². The normalized spacial score (nSPS) is 12.1. The smallest absolute Gasteiger partial charge is 0.407 e. The Kier molecular flexibility index (Phi) is 6.89. The summed E-state index contributed by atoms with van der Waals surface area (Å²) in [5.74, 6) is 1.47. The van der Waals surface area contributed by atoms with Crippen LogP contribution in [0.15, 0.2) is 39.7 Å². The number of nitrogens with one attached hydrogen (secondary N) is 3. The molecule has 1 aromatic heterocycles. The number of guanidine groups is 1. The van der Waals surface area contributed by atoms with E-state index < -0.39 is 11.7 Å². The van der Waals surface area contributed by atoms with Crippen molar-refractivity contribution in [3.8, 4) is 0 Å². The second-order valence-corrected chi connectivity index (χ2v) is 6.80. The number of hydrogen-bond donors (Lipinski definition) is 3. The van der Waals surface area contributed by atoms with E-state index in [1.54, 1.807) is 0 Å².